The van der Waals surface area contributed by atoms with Crippen molar-refractivity contribution in [2.45, 2.75) is 19.3 Å². The Morgan fingerprint density at radius 2 is 1.95 bits per heavy atom. The highest BCUT2D eigenvalue weighted by Crippen LogP contribution is 2.22. The number of benzene rings is 2. The molecule has 0 radical (unpaired) electrons. The molecular weight excluding hydrogens is 253 g/mol. The fourth-order valence-electron chi connectivity index (χ4n) is 2.05. The number of nitrogens with zero attached hydrogens (tertiary/aromatic N) is 1. The molecule has 0 amide bonds. The van der Waals surface area contributed by atoms with Crippen LogP contribution < -0.4 is 4.74 Å². The summed E-state index contributed by atoms with van der Waals surface area (Å²) in [6.45, 7) is 2.59. The fourth-order valence-corrected chi connectivity index (χ4v) is 2.05. The minimum absolute atomic E-state index is 0.0347. The van der Waals surface area contributed by atoms with Crippen LogP contribution in [0.25, 0.3) is 0 Å². The van der Waals surface area contributed by atoms with Gasteiger partial charge >= 0.3 is 0 Å². The van der Waals surface area contributed by atoms with E-state index >= 15 is 0 Å². The van der Waals surface area contributed by atoms with Crippen LogP contribution in [0.5, 0.6) is 5.75 Å². The predicted octanol–water partition coefficient (Wildman–Crippen LogP) is 4.27. The van der Waals surface area contributed by atoms with E-state index < -0.39 is 5.82 Å². The van der Waals surface area contributed by atoms with Crippen molar-refractivity contribution in [1.29, 1.82) is 5.26 Å². The lowest BCUT2D eigenvalue weighted by Gasteiger charge is -2.16. The van der Waals surface area contributed by atoms with Crippen LogP contribution in [0.3, 0.4) is 0 Å². The van der Waals surface area contributed by atoms with Crippen LogP contribution in [0.4, 0.5) is 4.39 Å². The number of ether oxygens (including phenoxy) is 1. The third kappa shape index (κ3) is 3.36. The highest BCUT2D eigenvalue weighted by molar-refractivity contribution is 5.36. The van der Waals surface area contributed by atoms with E-state index in [4.69, 9.17) is 10.00 Å². The Labute approximate surface area is 118 Å². The van der Waals surface area contributed by atoms with Gasteiger partial charge in [-0.05, 0) is 24.1 Å². The molecule has 3 heteroatoms. The number of halogens is 1. The summed E-state index contributed by atoms with van der Waals surface area (Å²) >= 11 is 0. The highest BCUT2D eigenvalue weighted by atomic mass is 19.1. The Bertz CT molecular complexity index is 604. The first-order chi connectivity index (χ1) is 9.74. The summed E-state index contributed by atoms with van der Waals surface area (Å²) in [6, 6.07) is 16.2. The lowest BCUT2D eigenvalue weighted by Crippen LogP contribution is -2.09. The number of rotatable bonds is 5. The second kappa shape index (κ2) is 6.72. The molecule has 0 N–H and O–H groups in total. The summed E-state index contributed by atoms with van der Waals surface area (Å²) in [4.78, 5) is 0. The summed E-state index contributed by atoms with van der Waals surface area (Å²) in [7, 11) is 0. The van der Waals surface area contributed by atoms with Crippen molar-refractivity contribution in [1.82, 2.24) is 0 Å². The van der Waals surface area contributed by atoms with Crippen LogP contribution >= 0.6 is 0 Å². The molecule has 0 aliphatic carbocycles. The van der Waals surface area contributed by atoms with Gasteiger partial charge in [0.25, 0.3) is 0 Å². The molecule has 102 valence electrons. The molecule has 1 unspecified atom stereocenters. The zero-order chi connectivity index (χ0) is 14.4. The van der Waals surface area contributed by atoms with Crippen LogP contribution in [-0.2, 0) is 0 Å². The number of nitriles is 1. The van der Waals surface area contributed by atoms with Crippen molar-refractivity contribution < 1.29 is 9.13 Å². The van der Waals surface area contributed by atoms with Gasteiger partial charge in [-0.25, -0.2) is 4.39 Å². The van der Waals surface area contributed by atoms with Crippen molar-refractivity contribution in [2.24, 2.45) is 0 Å². The summed E-state index contributed by atoms with van der Waals surface area (Å²) < 4.78 is 19.1. The van der Waals surface area contributed by atoms with E-state index in [0.717, 1.165) is 6.42 Å². The van der Waals surface area contributed by atoms with Crippen LogP contribution in [0.1, 0.15) is 30.4 Å². The largest absolute Gasteiger partial charge is 0.493 e. The minimum Gasteiger partial charge on any atom is -0.493 e. The van der Waals surface area contributed by atoms with Gasteiger partial charge in [-0.15, -0.1) is 0 Å². The molecule has 20 heavy (non-hydrogen) atoms. The van der Waals surface area contributed by atoms with Gasteiger partial charge in [0.05, 0.1) is 12.2 Å². The molecular formula is C17H16FNO. The molecule has 2 rings (SSSR count). The SMILES string of the molecule is CCC(COc1ccc(C#N)c(F)c1)c1ccccc1. The van der Waals surface area contributed by atoms with E-state index in [-0.39, 0.29) is 11.5 Å². The molecule has 2 aromatic carbocycles. The standard InChI is InChI=1S/C17H16FNO/c1-2-13(14-6-4-3-5-7-14)12-20-16-9-8-15(11-19)17(18)10-16/h3-10,13H,2,12H2,1H3. The van der Waals surface area contributed by atoms with E-state index in [1.807, 2.05) is 18.2 Å². The van der Waals surface area contributed by atoms with Gasteiger partial charge in [0.15, 0.2) is 0 Å². The zero-order valence-corrected chi connectivity index (χ0v) is 11.3. The number of hydrogen-bond acceptors (Lipinski definition) is 2. The fraction of sp³-hybridized carbons (Fsp3) is 0.235. The quantitative estimate of drug-likeness (QED) is 0.812. The molecule has 0 fully saturated rings. The molecule has 0 saturated carbocycles. The highest BCUT2D eigenvalue weighted by Gasteiger charge is 2.10. The smallest absolute Gasteiger partial charge is 0.144 e. The van der Waals surface area contributed by atoms with Crippen molar-refractivity contribution in [2.75, 3.05) is 6.61 Å². The van der Waals surface area contributed by atoms with Crippen LogP contribution in [-0.4, -0.2) is 6.61 Å². The first kappa shape index (κ1) is 14.1. The van der Waals surface area contributed by atoms with Gasteiger partial charge in [-0.3, -0.25) is 0 Å². The van der Waals surface area contributed by atoms with Crippen molar-refractivity contribution >= 4 is 0 Å². The summed E-state index contributed by atoms with van der Waals surface area (Å²) in [5.41, 5.74) is 1.25. The van der Waals surface area contributed by atoms with Gasteiger partial charge in [-0.2, -0.15) is 5.26 Å². The molecule has 2 nitrogen and oxygen atoms in total. The van der Waals surface area contributed by atoms with Crippen molar-refractivity contribution in [3.63, 3.8) is 0 Å². The molecule has 1 atom stereocenters. The monoisotopic (exact) mass is 269 g/mol. The van der Waals surface area contributed by atoms with Crippen molar-refractivity contribution in [3.8, 4) is 11.8 Å². The first-order valence-electron chi connectivity index (χ1n) is 6.62. The van der Waals surface area contributed by atoms with E-state index in [0.29, 0.717) is 12.4 Å². The molecule has 0 aliphatic heterocycles. The molecule has 0 bridgehead atoms. The Balaban J connectivity index is 2.04. The molecule has 0 saturated heterocycles. The summed E-state index contributed by atoms with van der Waals surface area (Å²) in [5.74, 6) is 0.184. The van der Waals surface area contributed by atoms with Crippen molar-refractivity contribution in [3.05, 3.63) is 65.5 Å². The van der Waals surface area contributed by atoms with E-state index in [9.17, 15) is 4.39 Å². The summed E-state index contributed by atoms with van der Waals surface area (Å²) in [6.07, 6.45) is 0.947. The summed E-state index contributed by atoms with van der Waals surface area (Å²) in [5, 5.41) is 8.68. The van der Waals surface area contributed by atoms with Crippen LogP contribution in [0.15, 0.2) is 48.5 Å². The lowest BCUT2D eigenvalue weighted by atomic mass is 9.97. The molecule has 0 aromatic heterocycles. The average molecular weight is 269 g/mol. The zero-order valence-electron chi connectivity index (χ0n) is 11.3. The van der Waals surface area contributed by atoms with Crippen LogP contribution in [0, 0.1) is 17.1 Å². The normalized spacial score (nSPS) is 11.7. The van der Waals surface area contributed by atoms with Gasteiger partial charge in [0, 0.05) is 12.0 Å². The lowest BCUT2D eigenvalue weighted by molar-refractivity contribution is 0.283. The molecule has 0 aliphatic rings. The number of hydrogen-bond donors (Lipinski definition) is 0. The topological polar surface area (TPSA) is 33.0 Å². The van der Waals surface area contributed by atoms with Gasteiger partial charge in [0.2, 0.25) is 0 Å². The maximum absolute atomic E-state index is 13.5. The van der Waals surface area contributed by atoms with E-state index in [2.05, 4.69) is 19.1 Å². The van der Waals surface area contributed by atoms with Gasteiger partial charge in [0.1, 0.15) is 17.6 Å². The maximum Gasteiger partial charge on any atom is 0.144 e. The Kier molecular flexibility index (Phi) is 4.73. The second-order valence-electron chi connectivity index (χ2n) is 4.58. The van der Waals surface area contributed by atoms with Gasteiger partial charge < -0.3 is 4.74 Å². The third-order valence-electron chi connectivity index (χ3n) is 3.28. The molecule has 0 heterocycles. The molecule has 0 spiro atoms. The Morgan fingerprint density at radius 3 is 2.55 bits per heavy atom. The van der Waals surface area contributed by atoms with Crippen LogP contribution in [0.2, 0.25) is 0 Å². The third-order valence-corrected chi connectivity index (χ3v) is 3.28. The molecule has 2 aromatic rings. The first-order valence-corrected chi connectivity index (χ1v) is 6.62. The maximum atomic E-state index is 13.5. The second-order valence-corrected chi connectivity index (χ2v) is 4.58. The Morgan fingerprint density at radius 1 is 1.20 bits per heavy atom. The minimum atomic E-state index is -0.544. The Hall–Kier alpha value is -2.34. The predicted molar refractivity (Wildman–Crippen MR) is 76.1 cm³/mol. The van der Waals surface area contributed by atoms with E-state index in [1.54, 1.807) is 12.1 Å². The van der Waals surface area contributed by atoms with E-state index in [1.165, 1.54) is 17.7 Å². The van der Waals surface area contributed by atoms with Gasteiger partial charge in [-0.1, -0.05) is 37.3 Å². The average Bonchev–Trinajstić information content (AvgIpc) is 2.49.